The first-order chi connectivity index (χ1) is 16.0. The van der Waals surface area contributed by atoms with Crippen molar-refractivity contribution < 1.29 is 9.53 Å². The van der Waals surface area contributed by atoms with E-state index < -0.39 is 0 Å². The Balaban J connectivity index is 1.40. The molecule has 8 heteroatoms. The van der Waals surface area contributed by atoms with E-state index >= 15 is 0 Å². The van der Waals surface area contributed by atoms with E-state index in [9.17, 15) is 4.79 Å². The molecule has 1 N–H and O–H groups in total. The van der Waals surface area contributed by atoms with E-state index in [-0.39, 0.29) is 11.9 Å². The van der Waals surface area contributed by atoms with Gasteiger partial charge in [-0.1, -0.05) is 0 Å². The highest BCUT2D eigenvalue weighted by Crippen LogP contribution is 2.33. The van der Waals surface area contributed by atoms with Crippen LogP contribution >= 0.6 is 0 Å². The number of anilines is 1. The van der Waals surface area contributed by atoms with Crippen LogP contribution in [0.5, 0.6) is 5.75 Å². The average molecular weight is 449 g/mol. The number of nitrogens with zero attached hydrogens (tertiary/aromatic N) is 5. The molecule has 1 aromatic carbocycles. The molecule has 5 rings (SSSR count). The second-order valence-electron chi connectivity index (χ2n) is 9.44. The van der Waals surface area contributed by atoms with Crippen molar-refractivity contribution >= 4 is 17.2 Å². The van der Waals surface area contributed by atoms with Gasteiger partial charge in [-0.15, -0.1) is 10.2 Å². The molecule has 8 nitrogen and oxygen atoms in total. The van der Waals surface area contributed by atoms with Crippen molar-refractivity contribution in [2.75, 3.05) is 38.6 Å². The van der Waals surface area contributed by atoms with E-state index in [0.29, 0.717) is 11.6 Å². The number of carbonyl (C=O) groups excluding carboxylic acids is 1. The topological polar surface area (TPSA) is 75.0 Å². The molecular formula is C25H32N6O2. The summed E-state index contributed by atoms with van der Waals surface area (Å²) >= 11 is 0. The predicted molar refractivity (Wildman–Crippen MR) is 128 cm³/mol. The van der Waals surface area contributed by atoms with E-state index in [1.807, 2.05) is 40.9 Å². The van der Waals surface area contributed by atoms with Gasteiger partial charge < -0.3 is 10.1 Å². The quantitative estimate of drug-likeness (QED) is 0.597. The van der Waals surface area contributed by atoms with Crippen LogP contribution in [0.3, 0.4) is 0 Å². The van der Waals surface area contributed by atoms with Crippen molar-refractivity contribution in [3.05, 3.63) is 54.0 Å². The first-order valence-electron chi connectivity index (χ1n) is 11.8. The van der Waals surface area contributed by atoms with Gasteiger partial charge in [0.15, 0.2) is 11.5 Å². The number of pyridine rings is 1. The molecule has 2 aliphatic rings. The summed E-state index contributed by atoms with van der Waals surface area (Å²) in [4.78, 5) is 18.0. The van der Waals surface area contributed by atoms with E-state index in [1.165, 1.54) is 19.4 Å². The van der Waals surface area contributed by atoms with Gasteiger partial charge >= 0.3 is 0 Å². The Bertz CT molecular complexity index is 1120. The van der Waals surface area contributed by atoms with Crippen LogP contribution in [-0.2, 0) is 0 Å². The van der Waals surface area contributed by atoms with Crippen molar-refractivity contribution in [1.82, 2.24) is 24.4 Å². The number of fused-ring (bicyclic) bond motifs is 1. The molecule has 0 radical (unpaired) electrons. The molecule has 0 bridgehead atoms. The Morgan fingerprint density at radius 1 is 1.12 bits per heavy atom. The van der Waals surface area contributed by atoms with Gasteiger partial charge in [-0.05, 0) is 69.0 Å². The SMILES string of the molecule is COc1ccc(NC(=O)c2ccc3nnc(C4CN(CC5CC5)CCN4C(C)C)n3c2)cc1. The molecule has 3 aromatic rings. The lowest BCUT2D eigenvalue weighted by molar-refractivity contribution is 0.0437. The number of amides is 1. The first kappa shape index (κ1) is 21.9. The maximum absolute atomic E-state index is 13.0. The molecule has 33 heavy (non-hydrogen) atoms. The molecule has 1 saturated heterocycles. The summed E-state index contributed by atoms with van der Waals surface area (Å²) < 4.78 is 7.18. The summed E-state index contributed by atoms with van der Waals surface area (Å²) in [5.74, 6) is 2.35. The van der Waals surface area contributed by atoms with E-state index in [1.54, 1.807) is 13.2 Å². The molecule has 1 aliphatic heterocycles. The van der Waals surface area contributed by atoms with Crippen LogP contribution in [0.25, 0.3) is 5.65 Å². The molecule has 2 fully saturated rings. The molecule has 1 aliphatic carbocycles. The van der Waals surface area contributed by atoms with E-state index in [0.717, 1.165) is 48.5 Å². The van der Waals surface area contributed by atoms with Gasteiger partial charge in [0.1, 0.15) is 5.75 Å². The highest BCUT2D eigenvalue weighted by Gasteiger charge is 2.35. The number of nitrogens with one attached hydrogen (secondary N) is 1. The molecule has 1 amide bonds. The zero-order chi connectivity index (χ0) is 22.9. The molecule has 0 spiro atoms. The van der Waals surface area contributed by atoms with Gasteiger partial charge in [-0.3, -0.25) is 19.0 Å². The van der Waals surface area contributed by atoms with Crippen LogP contribution in [0.4, 0.5) is 5.69 Å². The third-order valence-electron chi connectivity index (χ3n) is 6.72. The fraction of sp³-hybridized carbons (Fsp3) is 0.480. The minimum absolute atomic E-state index is 0.146. The largest absolute Gasteiger partial charge is 0.497 e. The van der Waals surface area contributed by atoms with E-state index in [2.05, 4.69) is 39.2 Å². The highest BCUT2D eigenvalue weighted by atomic mass is 16.5. The number of aromatic nitrogens is 3. The fourth-order valence-electron chi connectivity index (χ4n) is 4.68. The predicted octanol–water partition coefficient (Wildman–Crippen LogP) is 3.47. The molecule has 2 aromatic heterocycles. The summed E-state index contributed by atoms with van der Waals surface area (Å²) in [6.45, 7) is 8.70. The minimum Gasteiger partial charge on any atom is -0.497 e. The maximum atomic E-state index is 13.0. The number of benzene rings is 1. The summed E-state index contributed by atoms with van der Waals surface area (Å²) in [5, 5.41) is 12.0. The van der Waals surface area contributed by atoms with Crippen molar-refractivity contribution in [1.29, 1.82) is 0 Å². The lowest BCUT2D eigenvalue weighted by atomic mass is 10.1. The molecule has 174 valence electrons. The second-order valence-corrected chi connectivity index (χ2v) is 9.44. The molecular weight excluding hydrogens is 416 g/mol. The monoisotopic (exact) mass is 448 g/mol. The van der Waals surface area contributed by atoms with Gasteiger partial charge in [-0.25, -0.2) is 0 Å². The zero-order valence-electron chi connectivity index (χ0n) is 19.6. The smallest absolute Gasteiger partial charge is 0.257 e. The Kier molecular flexibility index (Phi) is 6.03. The van der Waals surface area contributed by atoms with Gasteiger partial charge in [0, 0.05) is 44.1 Å². The molecule has 3 heterocycles. The van der Waals surface area contributed by atoms with E-state index in [4.69, 9.17) is 4.74 Å². The van der Waals surface area contributed by atoms with Gasteiger partial charge in [0.25, 0.3) is 5.91 Å². The van der Waals surface area contributed by atoms with Crippen molar-refractivity contribution in [2.24, 2.45) is 5.92 Å². The van der Waals surface area contributed by atoms with Crippen molar-refractivity contribution in [3.8, 4) is 5.75 Å². The minimum atomic E-state index is -0.165. The Morgan fingerprint density at radius 2 is 1.91 bits per heavy atom. The number of rotatable bonds is 7. The lowest BCUT2D eigenvalue weighted by Crippen LogP contribution is -2.51. The summed E-state index contributed by atoms with van der Waals surface area (Å²) in [6.07, 6.45) is 4.58. The Morgan fingerprint density at radius 3 is 2.61 bits per heavy atom. The number of piperazine rings is 1. The summed E-state index contributed by atoms with van der Waals surface area (Å²) in [6, 6.07) is 11.5. The van der Waals surface area contributed by atoms with Crippen molar-refractivity contribution in [3.63, 3.8) is 0 Å². The maximum Gasteiger partial charge on any atom is 0.257 e. The third-order valence-corrected chi connectivity index (χ3v) is 6.72. The standard InChI is InChI=1S/C25H32N6O2/c1-17(2)30-13-12-29(14-18-4-5-18)16-22(30)24-28-27-23-11-6-19(15-31(23)24)25(32)26-20-7-9-21(33-3)10-8-20/h6-11,15,17-18,22H,4-5,12-14,16H2,1-3H3,(H,26,32). The highest BCUT2D eigenvalue weighted by molar-refractivity contribution is 6.04. The second kappa shape index (κ2) is 9.11. The number of hydrogen-bond acceptors (Lipinski definition) is 6. The number of ether oxygens (including phenoxy) is 1. The Hall–Kier alpha value is -2.97. The number of carbonyl (C=O) groups is 1. The van der Waals surface area contributed by atoms with Crippen molar-refractivity contribution in [2.45, 2.75) is 38.8 Å². The van der Waals surface area contributed by atoms with Gasteiger partial charge in [-0.2, -0.15) is 0 Å². The molecule has 1 atom stereocenters. The number of hydrogen-bond donors (Lipinski definition) is 1. The van der Waals surface area contributed by atoms with Crippen LogP contribution in [0.15, 0.2) is 42.6 Å². The third kappa shape index (κ3) is 4.72. The van der Waals surface area contributed by atoms with Crippen LogP contribution in [-0.4, -0.2) is 69.6 Å². The van der Waals surface area contributed by atoms with Crippen LogP contribution < -0.4 is 10.1 Å². The zero-order valence-corrected chi connectivity index (χ0v) is 19.6. The first-order valence-corrected chi connectivity index (χ1v) is 11.8. The van der Waals surface area contributed by atoms with Gasteiger partial charge in [0.2, 0.25) is 0 Å². The number of methoxy groups -OCH3 is 1. The van der Waals surface area contributed by atoms with Gasteiger partial charge in [0.05, 0.1) is 18.7 Å². The average Bonchev–Trinajstić information content (AvgIpc) is 3.54. The fourth-order valence-corrected chi connectivity index (χ4v) is 4.68. The molecule has 1 saturated carbocycles. The van der Waals surface area contributed by atoms with Crippen LogP contribution in [0.1, 0.15) is 48.9 Å². The lowest BCUT2D eigenvalue weighted by Gasteiger charge is -2.42. The summed E-state index contributed by atoms with van der Waals surface area (Å²) in [7, 11) is 1.62. The summed E-state index contributed by atoms with van der Waals surface area (Å²) in [5.41, 5.74) is 2.05. The molecule has 1 unspecified atom stereocenters. The van der Waals surface area contributed by atoms with Crippen LogP contribution in [0.2, 0.25) is 0 Å². The normalized spacial score (nSPS) is 19.8. The van der Waals surface area contributed by atoms with Crippen LogP contribution in [0, 0.1) is 5.92 Å². The Labute approximate surface area is 194 Å².